The number of hydrogen-bond donors (Lipinski definition) is 1. The fourth-order valence-electron chi connectivity index (χ4n) is 2.78. The first kappa shape index (κ1) is 17.8. The second-order valence-corrected chi connectivity index (χ2v) is 6.83. The number of hydrogen-bond acceptors (Lipinski definition) is 4. The van der Waals surface area contributed by atoms with Crippen LogP contribution in [0.2, 0.25) is 10.0 Å². The summed E-state index contributed by atoms with van der Waals surface area (Å²) in [5.41, 5.74) is 2.19. The lowest BCUT2D eigenvalue weighted by Gasteiger charge is -2.19. The largest absolute Gasteiger partial charge is 0.488 e. The number of ether oxygens (including phenoxy) is 3. The topological polar surface area (TPSA) is 56.8 Å². The summed E-state index contributed by atoms with van der Waals surface area (Å²) in [6.45, 7) is 1.31. The third kappa shape index (κ3) is 4.04. The summed E-state index contributed by atoms with van der Waals surface area (Å²) in [6.07, 6.45) is 5.06. The number of amides is 1. The maximum Gasteiger partial charge on any atom is 0.248 e. The summed E-state index contributed by atoms with van der Waals surface area (Å²) in [5, 5.41) is 3.75. The monoisotopic (exact) mass is 403 g/mol. The maximum atomic E-state index is 12.3. The first-order chi connectivity index (χ1) is 13.1. The Hall–Kier alpha value is -2.63. The Labute approximate surface area is 166 Å². The Kier molecular flexibility index (Phi) is 4.97. The number of carbonyl (C=O) groups is 1. The van der Waals surface area contributed by atoms with Crippen LogP contribution in [0.3, 0.4) is 0 Å². The molecule has 0 aromatic heterocycles. The van der Waals surface area contributed by atoms with Gasteiger partial charge in [-0.3, -0.25) is 4.79 Å². The first-order valence-electron chi connectivity index (χ1n) is 8.29. The molecule has 0 unspecified atom stereocenters. The van der Waals surface area contributed by atoms with Gasteiger partial charge in [0, 0.05) is 28.8 Å². The van der Waals surface area contributed by atoms with Gasteiger partial charge < -0.3 is 19.5 Å². The highest BCUT2D eigenvalue weighted by Crippen LogP contribution is 2.38. The van der Waals surface area contributed by atoms with E-state index < -0.39 is 0 Å². The summed E-state index contributed by atoms with van der Waals surface area (Å²) in [7, 11) is 0. The zero-order chi connectivity index (χ0) is 18.8. The van der Waals surface area contributed by atoms with E-state index in [-0.39, 0.29) is 5.91 Å². The molecule has 0 saturated heterocycles. The van der Waals surface area contributed by atoms with Crippen molar-refractivity contribution in [2.45, 2.75) is 0 Å². The van der Waals surface area contributed by atoms with E-state index in [1.165, 1.54) is 6.08 Å². The quantitative estimate of drug-likeness (QED) is 0.752. The van der Waals surface area contributed by atoms with Crippen LogP contribution in [0.1, 0.15) is 5.56 Å². The molecule has 0 saturated carbocycles. The number of nitrogens with one attached hydrogen (secondary N) is 1. The molecular weight excluding hydrogens is 389 g/mol. The summed E-state index contributed by atoms with van der Waals surface area (Å²) in [5.74, 6) is 1.58. The zero-order valence-corrected chi connectivity index (χ0v) is 15.6. The van der Waals surface area contributed by atoms with Crippen molar-refractivity contribution >= 4 is 40.9 Å². The molecule has 4 rings (SSSR count). The molecule has 5 nitrogen and oxygen atoms in total. The fraction of sp³-hybridized carbons (Fsp3) is 0.150. The Morgan fingerprint density at radius 1 is 1.00 bits per heavy atom. The van der Waals surface area contributed by atoms with Gasteiger partial charge in [-0.05, 0) is 29.8 Å². The van der Waals surface area contributed by atoms with E-state index in [1.54, 1.807) is 24.3 Å². The van der Waals surface area contributed by atoms with E-state index in [0.717, 1.165) is 16.9 Å². The Balaban J connectivity index is 1.47. The number of carbonyl (C=O) groups excluding carboxylic acids is 1. The van der Waals surface area contributed by atoms with Crippen LogP contribution in [0.5, 0.6) is 17.2 Å². The molecule has 138 valence electrons. The molecule has 2 aliphatic rings. The SMILES string of the molecule is O=C(/C=C/C1=Cc2cc(Cl)ccc2OC1)Nc1cc2c(cc1Cl)OCCO2. The predicted molar refractivity (Wildman–Crippen MR) is 105 cm³/mol. The number of benzene rings is 2. The lowest BCUT2D eigenvalue weighted by molar-refractivity contribution is -0.111. The molecular formula is C20H15Cl2NO4. The van der Waals surface area contributed by atoms with Crippen LogP contribution in [-0.4, -0.2) is 25.7 Å². The summed E-state index contributed by atoms with van der Waals surface area (Å²) in [6, 6.07) is 8.71. The van der Waals surface area contributed by atoms with Crippen LogP contribution in [0.4, 0.5) is 5.69 Å². The van der Waals surface area contributed by atoms with Crippen molar-refractivity contribution in [1.82, 2.24) is 0 Å². The van der Waals surface area contributed by atoms with E-state index in [0.29, 0.717) is 47.1 Å². The Morgan fingerprint density at radius 2 is 1.78 bits per heavy atom. The number of halogens is 2. The molecule has 27 heavy (non-hydrogen) atoms. The highest BCUT2D eigenvalue weighted by Gasteiger charge is 2.16. The van der Waals surface area contributed by atoms with Crippen LogP contribution in [0, 0.1) is 0 Å². The summed E-state index contributed by atoms with van der Waals surface area (Å²) in [4.78, 5) is 12.3. The highest BCUT2D eigenvalue weighted by atomic mass is 35.5. The lowest BCUT2D eigenvalue weighted by Crippen LogP contribution is -2.16. The van der Waals surface area contributed by atoms with E-state index in [2.05, 4.69) is 5.32 Å². The molecule has 2 heterocycles. The van der Waals surface area contributed by atoms with Gasteiger partial charge in [0.25, 0.3) is 0 Å². The summed E-state index contributed by atoms with van der Waals surface area (Å²) >= 11 is 12.2. The summed E-state index contributed by atoms with van der Waals surface area (Å²) < 4.78 is 16.6. The molecule has 0 radical (unpaired) electrons. The molecule has 0 aliphatic carbocycles. The molecule has 0 atom stereocenters. The zero-order valence-electron chi connectivity index (χ0n) is 14.1. The van der Waals surface area contributed by atoms with Gasteiger partial charge in [-0.1, -0.05) is 29.3 Å². The normalized spacial score (nSPS) is 15.0. The fourth-order valence-corrected chi connectivity index (χ4v) is 3.16. The second-order valence-electron chi connectivity index (χ2n) is 5.99. The van der Waals surface area contributed by atoms with E-state index >= 15 is 0 Å². The smallest absolute Gasteiger partial charge is 0.248 e. The molecule has 1 N–H and O–H groups in total. The van der Waals surface area contributed by atoms with Gasteiger partial charge in [0.05, 0.1) is 10.7 Å². The average Bonchev–Trinajstić information content (AvgIpc) is 2.66. The molecule has 2 aromatic carbocycles. The molecule has 0 fully saturated rings. The van der Waals surface area contributed by atoms with Crippen LogP contribution >= 0.6 is 23.2 Å². The van der Waals surface area contributed by atoms with Crippen LogP contribution in [0.15, 0.2) is 48.1 Å². The first-order valence-corrected chi connectivity index (χ1v) is 9.05. The van der Waals surface area contributed by atoms with Crippen LogP contribution in [-0.2, 0) is 4.79 Å². The van der Waals surface area contributed by atoms with E-state index in [4.69, 9.17) is 37.4 Å². The average molecular weight is 404 g/mol. The maximum absolute atomic E-state index is 12.3. The molecule has 7 heteroatoms. The van der Waals surface area contributed by atoms with Crippen LogP contribution in [0.25, 0.3) is 6.08 Å². The van der Waals surface area contributed by atoms with Gasteiger partial charge in [0.15, 0.2) is 11.5 Å². The number of fused-ring (bicyclic) bond motifs is 2. The Morgan fingerprint density at radius 3 is 2.59 bits per heavy atom. The minimum atomic E-state index is -0.314. The van der Waals surface area contributed by atoms with Crippen molar-refractivity contribution in [2.24, 2.45) is 0 Å². The standard InChI is InChI=1S/C20H15Cl2NO4/c21-14-2-3-17-13(8-14)7-12(11-27-17)1-4-20(24)23-16-10-19-18(9-15(16)22)25-5-6-26-19/h1-4,7-10H,5-6,11H2,(H,23,24)/b4-1+. The highest BCUT2D eigenvalue weighted by molar-refractivity contribution is 6.34. The third-order valence-corrected chi connectivity index (χ3v) is 4.59. The van der Waals surface area contributed by atoms with Gasteiger partial charge >= 0.3 is 0 Å². The van der Waals surface area contributed by atoms with E-state index in [1.807, 2.05) is 18.2 Å². The minimum Gasteiger partial charge on any atom is -0.488 e. The van der Waals surface area contributed by atoms with Crippen molar-refractivity contribution in [2.75, 3.05) is 25.1 Å². The molecule has 2 aromatic rings. The molecule has 0 bridgehead atoms. The van der Waals surface area contributed by atoms with Gasteiger partial charge in [0.2, 0.25) is 5.91 Å². The molecule has 2 aliphatic heterocycles. The predicted octanol–water partition coefficient (Wildman–Crippen LogP) is 4.74. The van der Waals surface area contributed by atoms with Gasteiger partial charge in [-0.15, -0.1) is 0 Å². The minimum absolute atomic E-state index is 0.314. The van der Waals surface area contributed by atoms with Crippen molar-refractivity contribution in [3.8, 4) is 17.2 Å². The third-order valence-electron chi connectivity index (χ3n) is 4.05. The van der Waals surface area contributed by atoms with E-state index in [9.17, 15) is 4.79 Å². The van der Waals surface area contributed by atoms with Gasteiger partial charge in [0.1, 0.15) is 25.6 Å². The lowest BCUT2D eigenvalue weighted by atomic mass is 10.1. The molecule has 0 spiro atoms. The van der Waals surface area contributed by atoms with Crippen LogP contribution < -0.4 is 19.5 Å². The second kappa shape index (κ2) is 7.55. The van der Waals surface area contributed by atoms with Gasteiger partial charge in [-0.2, -0.15) is 0 Å². The number of rotatable bonds is 3. The van der Waals surface area contributed by atoms with Crippen molar-refractivity contribution in [3.63, 3.8) is 0 Å². The van der Waals surface area contributed by atoms with Crippen molar-refractivity contribution in [1.29, 1.82) is 0 Å². The number of anilines is 1. The Bertz CT molecular complexity index is 969. The van der Waals surface area contributed by atoms with Crippen molar-refractivity contribution in [3.05, 3.63) is 63.7 Å². The van der Waals surface area contributed by atoms with Crippen molar-refractivity contribution < 1.29 is 19.0 Å². The molecule has 1 amide bonds. The van der Waals surface area contributed by atoms with Gasteiger partial charge in [-0.25, -0.2) is 0 Å².